The Labute approximate surface area is 126 Å². The largest absolute Gasteiger partial charge is 0.522 e. The van der Waals surface area contributed by atoms with Crippen molar-refractivity contribution in [3.8, 4) is 0 Å². The van der Waals surface area contributed by atoms with Crippen LogP contribution in [0, 0.1) is 17.8 Å². The predicted molar refractivity (Wildman–Crippen MR) is 71.1 cm³/mol. The molecule has 2 aliphatic carbocycles. The highest BCUT2D eigenvalue weighted by Crippen LogP contribution is 2.34. The van der Waals surface area contributed by atoms with Crippen molar-refractivity contribution in [1.29, 1.82) is 0 Å². The van der Waals surface area contributed by atoms with Gasteiger partial charge < -0.3 is 0 Å². The zero-order valence-electron chi connectivity index (χ0n) is 12.4. The minimum absolute atomic E-state index is 0.0160. The number of nitrogens with one attached hydrogen (secondary N) is 2. The summed E-state index contributed by atoms with van der Waals surface area (Å²) in [5.74, 6) is -0.695. The summed E-state index contributed by atoms with van der Waals surface area (Å²) in [6.45, 7) is 2.14. The molecule has 0 aromatic rings. The third kappa shape index (κ3) is 4.86. The minimum atomic E-state index is -4.67. The van der Waals surface area contributed by atoms with Crippen molar-refractivity contribution < 1.29 is 27.5 Å². The number of hydrogen-bond acceptors (Lipinski definition) is 3. The number of carbonyl (C=O) groups excluding carboxylic acids is 2. The van der Waals surface area contributed by atoms with E-state index in [1.165, 1.54) is 0 Å². The molecule has 0 aromatic carbocycles. The van der Waals surface area contributed by atoms with Crippen molar-refractivity contribution in [2.45, 2.75) is 57.9 Å². The van der Waals surface area contributed by atoms with E-state index in [0.717, 1.165) is 25.7 Å². The summed E-state index contributed by atoms with van der Waals surface area (Å²) in [7, 11) is 0. The first-order valence-electron chi connectivity index (χ1n) is 7.59. The molecule has 2 N–H and O–H groups in total. The maximum absolute atomic E-state index is 12.0. The van der Waals surface area contributed by atoms with Gasteiger partial charge in [-0.3, -0.25) is 25.2 Å². The Morgan fingerprint density at radius 1 is 0.955 bits per heavy atom. The van der Waals surface area contributed by atoms with Crippen molar-refractivity contribution in [3.63, 3.8) is 0 Å². The summed E-state index contributed by atoms with van der Waals surface area (Å²) >= 11 is 0. The van der Waals surface area contributed by atoms with E-state index >= 15 is 0 Å². The molecule has 0 aliphatic heterocycles. The van der Waals surface area contributed by atoms with E-state index in [9.17, 15) is 22.8 Å². The molecular weight excluding hydrogens is 301 g/mol. The van der Waals surface area contributed by atoms with Gasteiger partial charge >= 0.3 is 6.36 Å². The summed E-state index contributed by atoms with van der Waals surface area (Å²) in [5, 5.41) is 0. The van der Waals surface area contributed by atoms with Crippen molar-refractivity contribution in [2.75, 3.05) is 0 Å². The van der Waals surface area contributed by atoms with Crippen molar-refractivity contribution >= 4 is 11.8 Å². The molecule has 2 saturated carbocycles. The molecule has 2 rings (SSSR count). The molecule has 0 bridgehead atoms. The molecule has 2 aliphatic rings. The molecule has 8 heteroatoms. The number of carbonyl (C=O) groups is 2. The molecule has 5 nitrogen and oxygen atoms in total. The van der Waals surface area contributed by atoms with Gasteiger partial charge in [0, 0.05) is 11.8 Å². The van der Waals surface area contributed by atoms with Gasteiger partial charge in [0.1, 0.15) is 0 Å². The number of halogens is 3. The van der Waals surface area contributed by atoms with Crippen molar-refractivity contribution in [2.24, 2.45) is 17.8 Å². The van der Waals surface area contributed by atoms with Crippen LogP contribution in [0.3, 0.4) is 0 Å². The molecule has 126 valence electrons. The highest BCUT2D eigenvalue weighted by Gasteiger charge is 2.42. The topological polar surface area (TPSA) is 67.4 Å². The molecule has 0 heterocycles. The average molecular weight is 322 g/mol. The van der Waals surface area contributed by atoms with E-state index in [1.807, 2.05) is 0 Å². The first-order valence-corrected chi connectivity index (χ1v) is 7.59. The number of rotatable bonds is 3. The second-order valence-corrected chi connectivity index (χ2v) is 6.29. The number of amides is 2. The molecule has 0 saturated heterocycles. The highest BCUT2D eigenvalue weighted by molar-refractivity contribution is 5.84. The standard InChI is InChI=1S/C14H21F3N2O3/c1-8-2-4-9(5-3-8)12(20)18-19-13(21)10-6-11(7-10)22-14(15,16)17/h8-11H,2-7H2,1H3,(H,18,20)(H,19,21). The summed E-state index contributed by atoms with van der Waals surface area (Å²) in [6.07, 6.45) is -2.02. The van der Waals surface area contributed by atoms with Crippen LogP contribution in [0.15, 0.2) is 0 Å². The van der Waals surface area contributed by atoms with E-state index in [0.29, 0.717) is 5.92 Å². The van der Waals surface area contributed by atoms with Crippen LogP contribution in [0.1, 0.15) is 45.4 Å². The molecule has 0 aromatic heterocycles. The SMILES string of the molecule is CC1CCC(C(=O)NNC(=O)C2CC(OC(F)(F)F)C2)CC1. The predicted octanol–water partition coefficient (Wildman–Crippen LogP) is 2.28. The highest BCUT2D eigenvalue weighted by atomic mass is 19.4. The Morgan fingerprint density at radius 3 is 1.95 bits per heavy atom. The van der Waals surface area contributed by atoms with E-state index in [4.69, 9.17) is 0 Å². The zero-order valence-corrected chi connectivity index (χ0v) is 12.4. The van der Waals surface area contributed by atoms with Gasteiger partial charge in [-0.25, -0.2) is 0 Å². The fraction of sp³-hybridized carbons (Fsp3) is 0.857. The Kier molecular flexibility index (Phi) is 5.31. The van der Waals surface area contributed by atoms with Crippen LogP contribution in [0.5, 0.6) is 0 Å². The lowest BCUT2D eigenvalue weighted by molar-refractivity contribution is -0.353. The molecule has 0 spiro atoms. The van der Waals surface area contributed by atoms with Crippen LogP contribution in [0.25, 0.3) is 0 Å². The Morgan fingerprint density at radius 2 is 1.45 bits per heavy atom. The third-order valence-electron chi connectivity index (χ3n) is 4.46. The van der Waals surface area contributed by atoms with Crippen LogP contribution >= 0.6 is 0 Å². The number of hydrogen-bond donors (Lipinski definition) is 2. The van der Waals surface area contributed by atoms with Crippen LogP contribution in [-0.4, -0.2) is 24.3 Å². The van der Waals surface area contributed by atoms with Crippen molar-refractivity contribution in [3.05, 3.63) is 0 Å². The fourth-order valence-electron chi connectivity index (χ4n) is 2.91. The maximum Gasteiger partial charge on any atom is 0.522 e. The number of alkyl halides is 3. The van der Waals surface area contributed by atoms with Gasteiger partial charge in [0.15, 0.2) is 0 Å². The number of hydrazine groups is 1. The first kappa shape index (κ1) is 17.1. The van der Waals surface area contributed by atoms with Gasteiger partial charge in [-0.2, -0.15) is 0 Å². The van der Waals surface area contributed by atoms with Gasteiger partial charge in [0.25, 0.3) is 0 Å². The molecule has 22 heavy (non-hydrogen) atoms. The molecule has 0 atom stereocenters. The van der Waals surface area contributed by atoms with E-state index in [1.54, 1.807) is 0 Å². The summed E-state index contributed by atoms with van der Waals surface area (Å²) in [5.41, 5.74) is 4.68. The Hall–Kier alpha value is -1.31. The van der Waals surface area contributed by atoms with Gasteiger partial charge in [0.05, 0.1) is 6.10 Å². The first-order chi connectivity index (χ1) is 10.2. The van der Waals surface area contributed by atoms with Gasteiger partial charge in [-0.15, -0.1) is 13.2 Å². The van der Waals surface area contributed by atoms with Crippen LogP contribution in [0.4, 0.5) is 13.2 Å². The van der Waals surface area contributed by atoms with E-state index < -0.39 is 24.3 Å². The molecule has 2 amide bonds. The van der Waals surface area contributed by atoms with E-state index in [-0.39, 0.29) is 24.7 Å². The minimum Gasteiger partial charge on any atom is -0.289 e. The van der Waals surface area contributed by atoms with Crippen LogP contribution in [0.2, 0.25) is 0 Å². The van der Waals surface area contributed by atoms with Gasteiger partial charge in [-0.05, 0) is 44.4 Å². The Bertz CT molecular complexity index is 414. The second-order valence-electron chi connectivity index (χ2n) is 6.29. The van der Waals surface area contributed by atoms with Gasteiger partial charge in [0.2, 0.25) is 11.8 Å². The monoisotopic (exact) mass is 322 g/mol. The molecule has 2 fully saturated rings. The smallest absolute Gasteiger partial charge is 0.289 e. The lowest BCUT2D eigenvalue weighted by atomic mass is 9.81. The Balaban J connectivity index is 1.63. The zero-order chi connectivity index (χ0) is 16.3. The summed E-state index contributed by atoms with van der Waals surface area (Å²) in [4.78, 5) is 23.6. The van der Waals surface area contributed by atoms with Gasteiger partial charge in [-0.1, -0.05) is 6.92 Å². The van der Waals surface area contributed by atoms with Crippen LogP contribution in [-0.2, 0) is 14.3 Å². The number of ether oxygens (including phenoxy) is 1. The normalized spacial score (nSPS) is 32.0. The second kappa shape index (κ2) is 6.85. The van der Waals surface area contributed by atoms with E-state index in [2.05, 4.69) is 22.5 Å². The molecule has 0 radical (unpaired) electrons. The lowest BCUT2D eigenvalue weighted by Crippen LogP contribution is -2.51. The molecular formula is C14H21F3N2O3. The molecule has 0 unspecified atom stereocenters. The lowest BCUT2D eigenvalue weighted by Gasteiger charge is -2.34. The summed E-state index contributed by atoms with van der Waals surface area (Å²) in [6, 6.07) is 0. The quantitative estimate of drug-likeness (QED) is 0.783. The third-order valence-corrected chi connectivity index (χ3v) is 4.46. The maximum atomic E-state index is 12.0. The van der Waals surface area contributed by atoms with Crippen LogP contribution < -0.4 is 10.9 Å². The summed E-state index contributed by atoms with van der Waals surface area (Å²) < 4.78 is 39.7. The fourth-order valence-corrected chi connectivity index (χ4v) is 2.91. The van der Waals surface area contributed by atoms with Crippen molar-refractivity contribution in [1.82, 2.24) is 10.9 Å². The average Bonchev–Trinajstić information content (AvgIpc) is 2.39.